The van der Waals surface area contributed by atoms with Crippen LogP contribution in [-0.4, -0.2) is 8.72 Å². The fourth-order valence-electron chi connectivity index (χ4n) is 1.63. The largest absolute Gasteiger partial charge is 0.294 e. The SMILES string of the molecule is NN(Sc1ccccc1)C1=C2C=CC=CN2SN1. The predicted molar refractivity (Wildman–Crippen MR) is 76.2 cm³/mol. The summed E-state index contributed by atoms with van der Waals surface area (Å²) >= 11 is 3.00. The number of nitrogens with one attached hydrogen (secondary N) is 1. The maximum absolute atomic E-state index is 6.10. The molecule has 1 aromatic rings. The van der Waals surface area contributed by atoms with E-state index in [1.807, 2.05) is 59.1 Å². The molecule has 92 valence electrons. The Morgan fingerprint density at radius 3 is 2.89 bits per heavy atom. The Bertz CT molecular complexity index is 524. The zero-order valence-corrected chi connectivity index (χ0v) is 11.1. The van der Waals surface area contributed by atoms with Gasteiger partial charge in [-0.2, -0.15) is 0 Å². The zero-order chi connectivity index (χ0) is 12.4. The van der Waals surface area contributed by atoms with Gasteiger partial charge in [-0.15, -0.1) is 0 Å². The van der Waals surface area contributed by atoms with Gasteiger partial charge in [0.05, 0.1) is 17.8 Å². The van der Waals surface area contributed by atoms with Gasteiger partial charge in [-0.3, -0.25) is 9.03 Å². The quantitative estimate of drug-likeness (QED) is 0.502. The Morgan fingerprint density at radius 2 is 2.06 bits per heavy atom. The number of hydrogen-bond donors (Lipinski definition) is 2. The molecule has 0 atom stereocenters. The van der Waals surface area contributed by atoms with Crippen molar-refractivity contribution >= 4 is 24.1 Å². The number of fused-ring (bicyclic) bond motifs is 1. The normalized spacial score (nSPS) is 16.8. The van der Waals surface area contributed by atoms with Gasteiger partial charge in [-0.25, -0.2) is 10.3 Å². The Kier molecular flexibility index (Phi) is 3.22. The lowest BCUT2D eigenvalue weighted by Gasteiger charge is -2.18. The molecule has 0 aromatic heterocycles. The molecule has 0 spiro atoms. The minimum Gasteiger partial charge on any atom is -0.294 e. The van der Waals surface area contributed by atoms with E-state index in [2.05, 4.69) is 4.72 Å². The molecule has 2 heterocycles. The summed E-state index contributed by atoms with van der Waals surface area (Å²) in [5, 5.41) is 0. The molecular weight excluding hydrogens is 264 g/mol. The van der Waals surface area contributed by atoms with E-state index in [4.69, 9.17) is 5.84 Å². The summed E-state index contributed by atoms with van der Waals surface area (Å²) in [6.07, 6.45) is 8.03. The molecular formula is C12H12N4S2. The van der Waals surface area contributed by atoms with Gasteiger partial charge in [0.15, 0.2) is 5.82 Å². The number of hydrogen-bond acceptors (Lipinski definition) is 6. The Balaban J connectivity index is 1.79. The van der Waals surface area contributed by atoms with E-state index in [9.17, 15) is 0 Å². The molecule has 0 amide bonds. The van der Waals surface area contributed by atoms with Gasteiger partial charge in [-0.1, -0.05) is 24.3 Å². The third kappa shape index (κ3) is 2.22. The summed E-state index contributed by atoms with van der Waals surface area (Å²) in [5.74, 6) is 6.99. The molecule has 3 N–H and O–H groups in total. The molecule has 0 unspecified atom stereocenters. The van der Waals surface area contributed by atoms with Gasteiger partial charge < -0.3 is 0 Å². The molecule has 2 aliphatic heterocycles. The summed E-state index contributed by atoms with van der Waals surface area (Å²) in [4.78, 5) is 1.11. The second kappa shape index (κ2) is 5.01. The van der Waals surface area contributed by atoms with Crippen molar-refractivity contribution in [2.45, 2.75) is 4.90 Å². The molecule has 18 heavy (non-hydrogen) atoms. The standard InChI is InChI=1S/C12H12N4S2/c13-16(17-10-6-2-1-3-7-10)12-11-8-4-5-9-15(11)18-14-12/h1-9,14H,13H2. The number of hydrazine groups is 1. The molecule has 0 fully saturated rings. The molecule has 0 radical (unpaired) electrons. The average Bonchev–Trinajstić information content (AvgIpc) is 2.84. The van der Waals surface area contributed by atoms with Crippen molar-refractivity contribution in [1.82, 2.24) is 13.4 Å². The minimum atomic E-state index is 0.898. The van der Waals surface area contributed by atoms with Crippen LogP contribution >= 0.6 is 24.1 Å². The third-order valence-electron chi connectivity index (χ3n) is 2.47. The van der Waals surface area contributed by atoms with E-state index in [0.717, 1.165) is 16.4 Å². The Hall–Kier alpha value is -1.50. The van der Waals surface area contributed by atoms with Crippen molar-refractivity contribution in [2.24, 2.45) is 5.84 Å². The van der Waals surface area contributed by atoms with Crippen molar-refractivity contribution in [3.63, 3.8) is 0 Å². The fraction of sp³-hybridized carbons (Fsp3) is 0. The molecule has 0 bridgehead atoms. The first-order chi connectivity index (χ1) is 8.84. The van der Waals surface area contributed by atoms with Gasteiger partial charge in [-0.05, 0) is 24.3 Å². The highest BCUT2D eigenvalue weighted by molar-refractivity contribution is 7.97. The van der Waals surface area contributed by atoms with E-state index >= 15 is 0 Å². The van der Waals surface area contributed by atoms with Crippen molar-refractivity contribution in [3.05, 3.63) is 66.3 Å². The van der Waals surface area contributed by atoms with Crippen LogP contribution < -0.4 is 10.6 Å². The molecule has 4 nitrogen and oxygen atoms in total. The molecule has 0 saturated heterocycles. The van der Waals surface area contributed by atoms with Crippen LogP contribution in [-0.2, 0) is 0 Å². The Labute approximate surface area is 115 Å². The minimum absolute atomic E-state index is 0.898. The maximum atomic E-state index is 6.10. The lowest BCUT2D eigenvalue weighted by molar-refractivity contribution is 0.579. The van der Waals surface area contributed by atoms with Gasteiger partial charge >= 0.3 is 0 Å². The van der Waals surface area contributed by atoms with Crippen LogP contribution in [0.25, 0.3) is 0 Å². The van der Waals surface area contributed by atoms with Gasteiger partial charge in [0.25, 0.3) is 0 Å². The zero-order valence-electron chi connectivity index (χ0n) is 9.48. The first kappa shape index (κ1) is 11.6. The average molecular weight is 276 g/mol. The number of benzene rings is 1. The van der Waals surface area contributed by atoms with Crippen LogP contribution in [0.1, 0.15) is 0 Å². The van der Waals surface area contributed by atoms with Crippen molar-refractivity contribution in [1.29, 1.82) is 0 Å². The van der Waals surface area contributed by atoms with Crippen molar-refractivity contribution < 1.29 is 0 Å². The number of nitrogens with two attached hydrogens (primary N) is 1. The highest BCUT2D eigenvalue weighted by Crippen LogP contribution is 2.34. The highest BCUT2D eigenvalue weighted by Gasteiger charge is 2.24. The van der Waals surface area contributed by atoms with Crippen LogP contribution in [0.5, 0.6) is 0 Å². The molecule has 6 heteroatoms. The lowest BCUT2D eigenvalue weighted by Crippen LogP contribution is -2.28. The van der Waals surface area contributed by atoms with Gasteiger partial charge in [0, 0.05) is 23.0 Å². The lowest BCUT2D eigenvalue weighted by atomic mass is 10.3. The van der Waals surface area contributed by atoms with Crippen LogP contribution in [0.15, 0.2) is 71.2 Å². The van der Waals surface area contributed by atoms with E-state index in [-0.39, 0.29) is 0 Å². The first-order valence-electron chi connectivity index (χ1n) is 5.44. The van der Waals surface area contributed by atoms with Crippen molar-refractivity contribution in [2.75, 3.05) is 0 Å². The van der Waals surface area contributed by atoms with Crippen molar-refractivity contribution in [3.8, 4) is 0 Å². The maximum Gasteiger partial charge on any atom is 0.163 e. The van der Waals surface area contributed by atoms with Crippen LogP contribution in [0.2, 0.25) is 0 Å². The van der Waals surface area contributed by atoms with Gasteiger partial charge in [0.2, 0.25) is 0 Å². The highest BCUT2D eigenvalue weighted by atomic mass is 32.2. The number of allylic oxidation sites excluding steroid dienone is 3. The Morgan fingerprint density at radius 1 is 1.22 bits per heavy atom. The van der Waals surface area contributed by atoms with Gasteiger partial charge in [0.1, 0.15) is 0 Å². The van der Waals surface area contributed by atoms with E-state index in [0.29, 0.717) is 0 Å². The first-order valence-corrected chi connectivity index (χ1v) is 6.98. The molecule has 3 rings (SSSR count). The van der Waals surface area contributed by atoms with Crippen LogP contribution in [0.4, 0.5) is 0 Å². The van der Waals surface area contributed by atoms with E-state index in [1.54, 1.807) is 4.41 Å². The fourth-order valence-corrected chi connectivity index (χ4v) is 3.19. The predicted octanol–water partition coefficient (Wildman–Crippen LogP) is 2.59. The molecule has 0 saturated carbocycles. The summed E-state index contributed by atoms with van der Waals surface area (Å²) in [6.45, 7) is 0. The second-order valence-corrected chi connectivity index (χ2v) is 5.51. The summed E-state index contributed by atoms with van der Waals surface area (Å²) in [5.41, 5.74) is 1.06. The number of rotatable bonds is 3. The van der Waals surface area contributed by atoms with Crippen LogP contribution in [0, 0.1) is 0 Å². The molecule has 0 aliphatic carbocycles. The second-order valence-electron chi connectivity index (χ2n) is 3.68. The number of nitrogens with zero attached hydrogens (tertiary/aromatic N) is 2. The smallest absolute Gasteiger partial charge is 0.163 e. The molecule has 1 aromatic carbocycles. The summed E-state index contributed by atoms with van der Waals surface area (Å²) < 4.78 is 6.91. The van der Waals surface area contributed by atoms with E-state index in [1.165, 1.54) is 24.1 Å². The molecule has 2 aliphatic rings. The third-order valence-corrected chi connectivity index (χ3v) is 4.14. The van der Waals surface area contributed by atoms with E-state index < -0.39 is 0 Å². The van der Waals surface area contributed by atoms with Crippen LogP contribution in [0.3, 0.4) is 0 Å². The summed E-state index contributed by atoms with van der Waals surface area (Å²) in [7, 11) is 0. The topological polar surface area (TPSA) is 44.5 Å². The monoisotopic (exact) mass is 276 g/mol. The summed E-state index contributed by atoms with van der Waals surface area (Å²) in [6, 6.07) is 10.1.